The average Bonchev–Trinajstić information content (AvgIpc) is 3.18. The third kappa shape index (κ3) is 4.02. The summed E-state index contributed by atoms with van der Waals surface area (Å²) in [5, 5.41) is 3.21. The Hall–Kier alpha value is -1.06. The first-order valence-corrected chi connectivity index (χ1v) is 6.27. The number of nitrogens with one attached hydrogen (secondary N) is 1. The van der Waals surface area contributed by atoms with Crippen molar-refractivity contribution >= 4 is 0 Å². The lowest BCUT2D eigenvalue weighted by molar-refractivity contribution is 0.00997. The van der Waals surface area contributed by atoms with E-state index in [1.807, 2.05) is 19.2 Å². The SMILES string of the molecule is CNC(C)c1ccc(OCOCC2CC2)cc1. The third-order valence-corrected chi connectivity index (χ3v) is 3.17. The summed E-state index contributed by atoms with van der Waals surface area (Å²) in [5.41, 5.74) is 1.26. The first-order valence-electron chi connectivity index (χ1n) is 6.27. The molecule has 94 valence electrons. The second-order valence-electron chi connectivity index (χ2n) is 4.66. The highest BCUT2D eigenvalue weighted by molar-refractivity contribution is 5.28. The number of hydrogen-bond donors (Lipinski definition) is 1. The van der Waals surface area contributed by atoms with Gasteiger partial charge in [-0.2, -0.15) is 0 Å². The number of benzene rings is 1. The fourth-order valence-corrected chi connectivity index (χ4v) is 1.63. The Morgan fingerprint density at radius 3 is 2.59 bits per heavy atom. The molecule has 0 amide bonds. The van der Waals surface area contributed by atoms with Crippen molar-refractivity contribution in [1.82, 2.24) is 5.32 Å². The maximum atomic E-state index is 5.51. The van der Waals surface area contributed by atoms with Gasteiger partial charge in [0.15, 0.2) is 6.79 Å². The number of hydrogen-bond acceptors (Lipinski definition) is 3. The summed E-state index contributed by atoms with van der Waals surface area (Å²) in [6.07, 6.45) is 2.63. The third-order valence-electron chi connectivity index (χ3n) is 3.17. The molecule has 0 saturated heterocycles. The van der Waals surface area contributed by atoms with Gasteiger partial charge in [-0.25, -0.2) is 0 Å². The van der Waals surface area contributed by atoms with E-state index in [2.05, 4.69) is 24.4 Å². The summed E-state index contributed by atoms with van der Waals surface area (Å²) >= 11 is 0. The predicted molar refractivity (Wildman–Crippen MR) is 68.1 cm³/mol. The number of ether oxygens (including phenoxy) is 2. The first kappa shape index (κ1) is 12.4. The Labute approximate surface area is 103 Å². The van der Waals surface area contributed by atoms with Crippen molar-refractivity contribution < 1.29 is 9.47 Å². The molecule has 0 bridgehead atoms. The van der Waals surface area contributed by atoms with Crippen molar-refractivity contribution in [1.29, 1.82) is 0 Å². The van der Waals surface area contributed by atoms with Crippen LogP contribution < -0.4 is 10.1 Å². The van der Waals surface area contributed by atoms with Crippen molar-refractivity contribution in [2.24, 2.45) is 5.92 Å². The molecular weight excluding hydrogens is 214 g/mol. The molecule has 1 N–H and O–H groups in total. The van der Waals surface area contributed by atoms with E-state index in [4.69, 9.17) is 9.47 Å². The standard InChI is InChI=1S/C14H21NO2/c1-11(15-2)13-5-7-14(8-6-13)17-10-16-9-12-3-4-12/h5-8,11-12,15H,3-4,9-10H2,1-2H3. The minimum Gasteiger partial charge on any atom is -0.468 e. The molecule has 2 rings (SSSR count). The molecule has 0 aliphatic heterocycles. The molecule has 1 saturated carbocycles. The highest BCUT2D eigenvalue weighted by atomic mass is 16.7. The normalized spacial score (nSPS) is 16.8. The minimum atomic E-state index is 0.359. The van der Waals surface area contributed by atoms with E-state index in [1.54, 1.807) is 0 Å². The zero-order chi connectivity index (χ0) is 12.1. The van der Waals surface area contributed by atoms with E-state index in [1.165, 1.54) is 18.4 Å². The van der Waals surface area contributed by atoms with E-state index in [0.717, 1.165) is 18.3 Å². The lowest BCUT2D eigenvalue weighted by Crippen LogP contribution is -2.12. The fraction of sp³-hybridized carbons (Fsp3) is 0.571. The smallest absolute Gasteiger partial charge is 0.189 e. The fourth-order valence-electron chi connectivity index (χ4n) is 1.63. The Bertz CT molecular complexity index is 333. The van der Waals surface area contributed by atoms with E-state index < -0.39 is 0 Å². The molecule has 17 heavy (non-hydrogen) atoms. The lowest BCUT2D eigenvalue weighted by atomic mass is 10.1. The summed E-state index contributed by atoms with van der Waals surface area (Å²) in [6, 6.07) is 8.51. The zero-order valence-corrected chi connectivity index (χ0v) is 10.6. The zero-order valence-electron chi connectivity index (χ0n) is 10.6. The van der Waals surface area contributed by atoms with Crippen molar-refractivity contribution in [3.63, 3.8) is 0 Å². The first-order chi connectivity index (χ1) is 8.29. The topological polar surface area (TPSA) is 30.5 Å². The molecule has 1 aromatic carbocycles. The monoisotopic (exact) mass is 235 g/mol. The Kier molecular flexibility index (Phi) is 4.40. The highest BCUT2D eigenvalue weighted by Crippen LogP contribution is 2.28. The molecule has 0 spiro atoms. The maximum Gasteiger partial charge on any atom is 0.189 e. The molecule has 0 radical (unpaired) electrons. The van der Waals surface area contributed by atoms with Gasteiger partial charge in [-0.15, -0.1) is 0 Å². The van der Waals surface area contributed by atoms with Crippen LogP contribution in [-0.4, -0.2) is 20.4 Å². The average molecular weight is 235 g/mol. The van der Waals surface area contributed by atoms with E-state index in [0.29, 0.717) is 12.8 Å². The van der Waals surface area contributed by atoms with Crippen LogP contribution in [0.25, 0.3) is 0 Å². The van der Waals surface area contributed by atoms with Crippen LogP contribution >= 0.6 is 0 Å². The van der Waals surface area contributed by atoms with Gasteiger partial charge < -0.3 is 14.8 Å². The van der Waals surface area contributed by atoms with Gasteiger partial charge in [0.25, 0.3) is 0 Å². The molecule has 1 unspecified atom stereocenters. The van der Waals surface area contributed by atoms with Crippen LogP contribution in [0.15, 0.2) is 24.3 Å². The minimum absolute atomic E-state index is 0.359. The summed E-state index contributed by atoms with van der Waals surface area (Å²) in [5.74, 6) is 1.66. The van der Waals surface area contributed by atoms with Crippen LogP contribution in [0.2, 0.25) is 0 Å². The summed E-state index contributed by atoms with van der Waals surface area (Å²) < 4.78 is 10.9. The summed E-state index contributed by atoms with van der Waals surface area (Å²) in [7, 11) is 1.96. The van der Waals surface area contributed by atoms with E-state index in [9.17, 15) is 0 Å². The number of rotatable bonds is 7. The summed E-state index contributed by atoms with van der Waals surface area (Å²) in [4.78, 5) is 0. The molecule has 3 nitrogen and oxygen atoms in total. The molecule has 1 aromatic rings. The van der Waals surface area contributed by atoms with Crippen molar-refractivity contribution in [3.8, 4) is 5.75 Å². The van der Waals surface area contributed by atoms with Crippen LogP contribution in [-0.2, 0) is 4.74 Å². The van der Waals surface area contributed by atoms with Gasteiger partial charge >= 0.3 is 0 Å². The summed E-state index contributed by atoms with van der Waals surface area (Å²) in [6.45, 7) is 3.33. The van der Waals surface area contributed by atoms with Crippen molar-refractivity contribution in [2.45, 2.75) is 25.8 Å². The van der Waals surface area contributed by atoms with Crippen LogP contribution in [0.3, 0.4) is 0 Å². The van der Waals surface area contributed by atoms with Crippen LogP contribution in [0.5, 0.6) is 5.75 Å². The van der Waals surface area contributed by atoms with Gasteiger partial charge in [0, 0.05) is 6.04 Å². The second kappa shape index (κ2) is 6.03. The highest BCUT2D eigenvalue weighted by Gasteiger charge is 2.21. The Morgan fingerprint density at radius 1 is 1.29 bits per heavy atom. The van der Waals surface area contributed by atoms with Gasteiger partial charge in [-0.05, 0) is 50.4 Å². The van der Waals surface area contributed by atoms with Gasteiger partial charge in [0.2, 0.25) is 0 Å². The molecule has 3 heteroatoms. The molecule has 0 heterocycles. The Morgan fingerprint density at radius 2 is 2.00 bits per heavy atom. The van der Waals surface area contributed by atoms with Gasteiger partial charge in [-0.1, -0.05) is 12.1 Å². The largest absolute Gasteiger partial charge is 0.468 e. The van der Waals surface area contributed by atoms with Crippen molar-refractivity contribution in [3.05, 3.63) is 29.8 Å². The van der Waals surface area contributed by atoms with Crippen LogP contribution in [0, 0.1) is 5.92 Å². The molecular formula is C14H21NO2. The van der Waals surface area contributed by atoms with Gasteiger partial charge in [-0.3, -0.25) is 0 Å². The molecule has 1 aliphatic carbocycles. The second-order valence-corrected chi connectivity index (χ2v) is 4.66. The predicted octanol–water partition coefficient (Wildman–Crippen LogP) is 2.73. The quantitative estimate of drug-likeness (QED) is 0.582. The molecule has 0 aromatic heterocycles. The van der Waals surface area contributed by atoms with Crippen LogP contribution in [0.1, 0.15) is 31.4 Å². The van der Waals surface area contributed by atoms with Gasteiger partial charge in [0.05, 0.1) is 6.61 Å². The molecule has 1 fully saturated rings. The molecule has 1 atom stereocenters. The van der Waals surface area contributed by atoms with E-state index >= 15 is 0 Å². The van der Waals surface area contributed by atoms with Crippen molar-refractivity contribution in [2.75, 3.05) is 20.4 Å². The Balaban J connectivity index is 1.72. The van der Waals surface area contributed by atoms with Crippen LogP contribution in [0.4, 0.5) is 0 Å². The molecule has 1 aliphatic rings. The maximum absolute atomic E-state index is 5.51. The van der Waals surface area contributed by atoms with E-state index in [-0.39, 0.29) is 0 Å². The lowest BCUT2D eigenvalue weighted by Gasteiger charge is -2.11. The van der Waals surface area contributed by atoms with Gasteiger partial charge in [0.1, 0.15) is 5.75 Å².